The lowest BCUT2D eigenvalue weighted by molar-refractivity contribution is 0.324. The van der Waals surface area contributed by atoms with Crippen LogP contribution < -0.4 is 5.73 Å². The van der Waals surface area contributed by atoms with Gasteiger partial charge in [0.15, 0.2) is 0 Å². The first-order chi connectivity index (χ1) is 8.13. The average Bonchev–Trinajstić information content (AvgIpc) is 2.87. The molecule has 6 heteroatoms. The number of aromatic nitrogens is 4. The molecule has 17 heavy (non-hydrogen) atoms. The van der Waals surface area contributed by atoms with Gasteiger partial charge in [0.1, 0.15) is 5.69 Å². The van der Waals surface area contributed by atoms with E-state index in [1.807, 2.05) is 11.6 Å². The van der Waals surface area contributed by atoms with Crippen molar-refractivity contribution in [2.75, 3.05) is 6.54 Å². The summed E-state index contributed by atoms with van der Waals surface area (Å²) in [7, 11) is 1.89. The monoisotopic (exact) mass is 235 g/mol. The first-order valence-electron chi connectivity index (χ1n) is 5.63. The van der Waals surface area contributed by atoms with E-state index in [9.17, 15) is 0 Å². The van der Waals surface area contributed by atoms with Crippen molar-refractivity contribution in [2.45, 2.75) is 19.8 Å². The molecule has 0 aliphatic rings. The molecule has 0 fully saturated rings. The van der Waals surface area contributed by atoms with Crippen LogP contribution in [0.3, 0.4) is 0 Å². The quantitative estimate of drug-likeness (QED) is 0.860. The van der Waals surface area contributed by atoms with E-state index < -0.39 is 0 Å². The lowest BCUT2D eigenvalue weighted by Gasteiger charge is -2.13. The molecule has 0 saturated heterocycles. The van der Waals surface area contributed by atoms with Gasteiger partial charge in [0, 0.05) is 13.6 Å². The Hall–Kier alpha value is -1.69. The molecule has 0 radical (unpaired) electrons. The van der Waals surface area contributed by atoms with Crippen molar-refractivity contribution in [1.82, 2.24) is 19.7 Å². The zero-order valence-corrected chi connectivity index (χ0v) is 10.3. The second kappa shape index (κ2) is 4.67. The molecular weight excluding hydrogens is 218 g/mol. The van der Waals surface area contributed by atoms with Crippen molar-refractivity contribution in [1.29, 1.82) is 0 Å². The van der Waals surface area contributed by atoms with Gasteiger partial charge in [0.2, 0.25) is 11.7 Å². The summed E-state index contributed by atoms with van der Waals surface area (Å²) in [6, 6.07) is 0. The molecule has 0 aliphatic heterocycles. The largest absolute Gasteiger partial charge is 0.339 e. The fraction of sp³-hybridized carbons (Fsp3) is 0.545. The topological polar surface area (TPSA) is 82.8 Å². The van der Waals surface area contributed by atoms with Gasteiger partial charge in [-0.2, -0.15) is 4.98 Å². The highest BCUT2D eigenvalue weighted by atomic mass is 16.5. The Bertz CT molecular complexity index is 488. The van der Waals surface area contributed by atoms with E-state index in [1.165, 1.54) is 0 Å². The SMILES string of the molecule is CC(C)C(CN)c1nc(-c2cncn2C)no1. The first-order valence-corrected chi connectivity index (χ1v) is 5.63. The number of aryl methyl sites for hydroxylation is 1. The van der Waals surface area contributed by atoms with Gasteiger partial charge >= 0.3 is 0 Å². The van der Waals surface area contributed by atoms with Crippen molar-refractivity contribution in [2.24, 2.45) is 18.7 Å². The Labute approximate surface area is 99.8 Å². The van der Waals surface area contributed by atoms with E-state index in [4.69, 9.17) is 10.3 Å². The summed E-state index contributed by atoms with van der Waals surface area (Å²) in [5, 5.41) is 3.97. The molecule has 92 valence electrons. The fourth-order valence-electron chi connectivity index (χ4n) is 1.72. The van der Waals surface area contributed by atoms with Crippen LogP contribution >= 0.6 is 0 Å². The normalized spacial score (nSPS) is 13.2. The zero-order valence-electron chi connectivity index (χ0n) is 10.3. The van der Waals surface area contributed by atoms with E-state index in [0.717, 1.165) is 5.69 Å². The maximum absolute atomic E-state index is 5.72. The summed E-state index contributed by atoms with van der Waals surface area (Å²) in [5.41, 5.74) is 6.55. The fourth-order valence-corrected chi connectivity index (χ4v) is 1.72. The molecule has 0 spiro atoms. The average molecular weight is 235 g/mol. The molecule has 2 N–H and O–H groups in total. The van der Waals surface area contributed by atoms with E-state index in [-0.39, 0.29) is 5.92 Å². The predicted molar refractivity (Wildman–Crippen MR) is 63.1 cm³/mol. The molecule has 0 saturated carbocycles. The Morgan fingerprint density at radius 3 is 2.76 bits per heavy atom. The van der Waals surface area contributed by atoms with Crippen molar-refractivity contribution >= 4 is 0 Å². The summed E-state index contributed by atoms with van der Waals surface area (Å²) >= 11 is 0. The van der Waals surface area contributed by atoms with Gasteiger partial charge in [-0.05, 0) is 5.92 Å². The second-order valence-electron chi connectivity index (χ2n) is 4.43. The van der Waals surface area contributed by atoms with Gasteiger partial charge in [0.25, 0.3) is 0 Å². The predicted octanol–water partition coefficient (Wildman–Crippen LogP) is 1.17. The van der Waals surface area contributed by atoms with Crippen LogP contribution in [0.25, 0.3) is 11.5 Å². The second-order valence-corrected chi connectivity index (χ2v) is 4.43. The molecule has 1 atom stereocenters. The number of nitrogens with two attached hydrogens (primary N) is 1. The molecule has 2 heterocycles. The molecule has 0 bridgehead atoms. The molecule has 0 amide bonds. The highest BCUT2D eigenvalue weighted by molar-refractivity contribution is 5.47. The number of rotatable bonds is 4. The Kier molecular flexibility index (Phi) is 3.23. The first kappa shape index (κ1) is 11.8. The molecule has 2 aromatic heterocycles. The van der Waals surface area contributed by atoms with Crippen LogP contribution in [0.15, 0.2) is 17.0 Å². The van der Waals surface area contributed by atoms with Crippen LogP contribution in [0.1, 0.15) is 25.7 Å². The van der Waals surface area contributed by atoms with Gasteiger partial charge in [-0.25, -0.2) is 4.98 Å². The van der Waals surface area contributed by atoms with Crippen LogP contribution in [0, 0.1) is 5.92 Å². The summed E-state index contributed by atoms with van der Waals surface area (Å²) in [6.07, 6.45) is 3.41. The molecule has 2 aromatic rings. The number of hydrogen-bond donors (Lipinski definition) is 1. The highest BCUT2D eigenvalue weighted by Gasteiger charge is 2.22. The van der Waals surface area contributed by atoms with Crippen molar-refractivity contribution in [3.63, 3.8) is 0 Å². The van der Waals surface area contributed by atoms with Gasteiger partial charge in [-0.15, -0.1) is 0 Å². The van der Waals surface area contributed by atoms with E-state index in [0.29, 0.717) is 24.2 Å². The minimum Gasteiger partial charge on any atom is -0.339 e. The molecule has 2 rings (SSSR count). The molecule has 0 aromatic carbocycles. The van der Waals surface area contributed by atoms with Crippen molar-refractivity contribution < 1.29 is 4.52 Å². The minimum absolute atomic E-state index is 0.101. The molecule has 0 aliphatic carbocycles. The maximum Gasteiger partial charge on any atom is 0.231 e. The lowest BCUT2D eigenvalue weighted by atomic mass is 9.96. The van der Waals surface area contributed by atoms with Gasteiger partial charge in [0.05, 0.1) is 18.4 Å². The molecule has 1 unspecified atom stereocenters. The standard InChI is InChI=1S/C11H17N5O/c1-7(2)8(4-12)11-14-10(15-17-11)9-5-13-6-16(9)3/h5-8H,4,12H2,1-3H3. The van der Waals surface area contributed by atoms with Crippen LogP contribution in [0.4, 0.5) is 0 Å². The van der Waals surface area contributed by atoms with Crippen LogP contribution in [-0.4, -0.2) is 26.2 Å². The summed E-state index contributed by atoms with van der Waals surface area (Å²) in [5.74, 6) is 1.63. The van der Waals surface area contributed by atoms with Gasteiger partial charge < -0.3 is 14.8 Å². The van der Waals surface area contributed by atoms with Gasteiger partial charge in [-0.3, -0.25) is 0 Å². The van der Waals surface area contributed by atoms with Gasteiger partial charge in [-0.1, -0.05) is 19.0 Å². The smallest absolute Gasteiger partial charge is 0.231 e. The Morgan fingerprint density at radius 1 is 1.47 bits per heavy atom. The third-order valence-corrected chi connectivity index (χ3v) is 2.86. The third-order valence-electron chi connectivity index (χ3n) is 2.86. The summed E-state index contributed by atoms with van der Waals surface area (Å²) < 4.78 is 7.12. The number of imidazole rings is 1. The summed E-state index contributed by atoms with van der Waals surface area (Å²) in [4.78, 5) is 8.41. The Balaban J connectivity index is 2.30. The number of hydrogen-bond acceptors (Lipinski definition) is 5. The molecular formula is C11H17N5O. The van der Waals surface area contributed by atoms with Crippen molar-refractivity contribution in [3.8, 4) is 11.5 Å². The van der Waals surface area contributed by atoms with Crippen LogP contribution in [-0.2, 0) is 7.05 Å². The van der Waals surface area contributed by atoms with Crippen molar-refractivity contribution in [3.05, 3.63) is 18.4 Å². The third kappa shape index (κ3) is 2.21. The highest BCUT2D eigenvalue weighted by Crippen LogP contribution is 2.24. The van der Waals surface area contributed by atoms with E-state index in [2.05, 4.69) is 29.0 Å². The van der Waals surface area contributed by atoms with Crippen LogP contribution in [0.5, 0.6) is 0 Å². The van der Waals surface area contributed by atoms with E-state index in [1.54, 1.807) is 12.5 Å². The minimum atomic E-state index is 0.101. The maximum atomic E-state index is 5.72. The summed E-state index contributed by atoms with van der Waals surface area (Å²) in [6.45, 7) is 4.68. The number of nitrogens with zero attached hydrogens (tertiary/aromatic N) is 4. The zero-order chi connectivity index (χ0) is 12.4. The Morgan fingerprint density at radius 2 is 2.24 bits per heavy atom. The van der Waals surface area contributed by atoms with E-state index >= 15 is 0 Å². The lowest BCUT2D eigenvalue weighted by Crippen LogP contribution is -2.18. The van der Waals surface area contributed by atoms with Crippen LogP contribution in [0.2, 0.25) is 0 Å². The molecule has 6 nitrogen and oxygen atoms in total.